The molecule has 1 aliphatic carbocycles. The Hall–Kier alpha value is -0.410. The highest BCUT2D eigenvalue weighted by molar-refractivity contribution is 7.11. The molecule has 0 radical (unpaired) electrons. The van der Waals surface area contributed by atoms with Gasteiger partial charge in [0.05, 0.1) is 5.01 Å². The second-order valence-corrected chi connectivity index (χ2v) is 4.47. The molecule has 1 aromatic heterocycles. The van der Waals surface area contributed by atoms with Gasteiger partial charge in [-0.1, -0.05) is 6.42 Å². The first-order chi connectivity index (χ1) is 5.90. The molecule has 0 unspecified atom stereocenters. The van der Waals surface area contributed by atoms with Crippen LogP contribution < -0.4 is 5.32 Å². The minimum Gasteiger partial charge on any atom is -0.315 e. The SMILES string of the molecule is CNCc1cnc(C2CCC2)s1. The van der Waals surface area contributed by atoms with E-state index in [1.54, 1.807) is 0 Å². The fourth-order valence-corrected chi connectivity index (χ4v) is 2.52. The Morgan fingerprint density at radius 1 is 1.67 bits per heavy atom. The monoisotopic (exact) mass is 182 g/mol. The zero-order valence-electron chi connectivity index (χ0n) is 7.34. The highest BCUT2D eigenvalue weighted by atomic mass is 32.1. The van der Waals surface area contributed by atoms with E-state index in [4.69, 9.17) is 0 Å². The molecule has 0 spiro atoms. The summed E-state index contributed by atoms with van der Waals surface area (Å²) in [7, 11) is 1.97. The number of rotatable bonds is 3. The molecular weight excluding hydrogens is 168 g/mol. The molecule has 1 aromatic rings. The molecule has 12 heavy (non-hydrogen) atoms. The van der Waals surface area contributed by atoms with E-state index in [-0.39, 0.29) is 0 Å². The molecule has 0 atom stereocenters. The molecule has 1 saturated carbocycles. The third-order valence-corrected chi connectivity index (χ3v) is 3.54. The minimum absolute atomic E-state index is 0.792. The smallest absolute Gasteiger partial charge is 0.0959 e. The van der Waals surface area contributed by atoms with E-state index in [0.29, 0.717) is 0 Å². The number of hydrogen-bond donors (Lipinski definition) is 1. The van der Waals surface area contributed by atoms with Crippen LogP contribution in [0, 0.1) is 0 Å². The van der Waals surface area contributed by atoms with E-state index in [1.807, 2.05) is 24.6 Å². The van der Waals surface area contributed by atoms with Gasteiger partial charge in [-0.2, -0.15) is 0 Å². The van der Waals surface area contributed by atoms with Gasteiger partial charge in [0.15, 0.2) is 0 Å². The van der Waals surface area contributed by atoms with Crippen molar-refractivity contribution < 1.29 is 0 Å². The maximum atomic E-state index is 4.44. The van der Waals surface area contributed by atoms with Crippen LogP contribution in [0.1, 0.15) is 35.1 Å². The predicted molar refractivity (Wildman–Crippen MR) is 51.5 cm³/mol. The van der Waals surface area contributed by atoms with Crippen LogP contribution in [0.3, 0.4) is 0 Å². The lowest BCUT2D eigenvalue weighted by Crippen LogP contribution is -2.07. The fraction of sp³-hybridized carbons (Fsp3) is 0.667. The Morgan fingerprint density at radius 2 is 2.50 bits per heavy atom. The zero-order valence-corrected chi connectivity index (χ0v) is 8.16. The van der Waals surface area contributed by atoms with Gasteiger partial charge in [-0.3, -0.25) is 0 Å². The predicted octanol–water partition coefficient (Wildman–Crippen LogP) is 2.13. The Labute approximate surface area is 77.0 Å². The number of hydrogen-bond acceptors (Lipinski definition) is 3. The fourth-order valence-electron chi connectivity index (χ4n) is 1.42. The lowest BCUT2D eigenvalue weighted by molar-refractivity contribution is 0.418. The Morgan fingerprint density at radius 3 is 3.08 bits per heavy atom. The molecule has 1 aliphatic rings. The molecule has 0 bridgehead atoms. The van der Waals surface area contributed by atoms with Crippen LogP contribution >= 0.6 is 11.3 Å². The average Bonchev–Trinajstić information content (AvgIpc) is 2.34. The van der Waals surface area contributed by atoms with Crippen molar-refractivity contribution in [3.63, 3.8) is 0 Å². The van der Waals surface area contributed by atoms with E-state index in [0.717, 1.165) is 12.5 Å². The van der Waals surface area contributed by atoms with Gasteiger partial charge in [0.1, 0.15) is 0 Å². The molecule has 0 amide bonds. The Bertz CT molecular complexity index is 253. The summed E-state index contributed by atoms with van der Waals surface area (Å²) in [6.45, 7) is 0.963. The molecule has 0 saturated heterocycles. The second kappa shape index (κ2) is 3.54. The minimum atomic E-state index is 0.792. The van der Waals surface area contributed by atoms with E-state index < -0.39 is 0 Å². The number of nitrogens with one attached hydrogen (secondary N) is 1. The van der Waals surface area contributed by atoms with Crippen molar-refractivity contribution in [1.82, 2.24) is 10.3 Å². The molecule has 2 rings (SSSR count). The van der Waals surface area contributed by atoms with E-state index >= 15 is 0 Å². The third kappa shape index (κ3) is 1.52. The maximum absolute atomic E-state index is 4.44. The number of thiazole rings is 1. The molecule has 3 heteroatoms. The highest BCUT2D eigenvalue weighted by Gasteiger charge is 2.22. The summed E-state index contributed by atoms with van der Waals surface area (Å²) in [5.41, 5.74) is 0. The van der Waals surface area contributed by atoms with Crippen LogP contribution in [0.2, 0.25) is 0 Å². The van der Waals surface area contributed by atoms with Gasteiger partial charge in [0.2, 0.25) is 0 Å². The van der Waals surface area contributed by atoms with Crippen molar-refractivity contribution in [2.45, 2.75) is 31.7 Å². The van der Waals surface area contributed by atoms with Crippen molar-refractivity contribution in [2.75, 3.05) is 7.05 Å². The second-order valence-electron chi connectivity index (χ2n) is 3.32. The van der Waals surface area contributed by atoms with Crippen LogP contribution in [-0.4, -0.2) is 12.0 Å². The average molecular weight is 182 g/mol. The summed E-state index contributed by atoms with van der Waals surface area (Å²) in [5.74, 6) is 0.792. The van der Waals surface area contributed by atoms with Crippen LogP contribution in [0.25, 0.3) is 0 Å². The molecule has 1 heterocycles. The van der Waals surface area contributed by atoms with E-state index in [2.05, 4.69) is 10.3 Å². The van der Waals surface area contributed by atoms with Gasteiger partial charge in [-0.05, 0) is 19.9 Å². The zero-order chi connectivity index (χ0) is 8.39. The summed E-state index contributed by atoms with van der Waals surface area (Å²) >= 11 is 1.87. The van der Waals surface area contributed by atoms with Crippen LogP contribution in [0.4, 0.5) is 0 Å². The number of nitrogens with zero attached hydrogens (tertiary/aromatic N) is 1. The first-order valence-corrected chi connectivity index (χ1v) is 5.31. The Kier molecular flexibility index (Phi) is 2.42. The van der Waals surface area contributed by atoms with Gasteiger partial charge in [-0.15, -0.1) is 11.3 Å². The summed E-state index contributed by atoms with van der Waals surface area (Å²) in [6, 6.07) is 0. The van der Waals surface area contributed by atoms with Crippen LogP contribution in [-0.2, 0) is 6.54 Å². The quantitative estimate of drug-likeness (QED) is 0.774. The molecule has 2 nitrogen and oxygen atoms in total. The molecule has 0 aromatic carbocycles. The van der Waals surface area contributed by atoms with Crippen molar-refractivity contribution in [1.29, 1.82) is 0 Å². The van der Waals surface area contributed by atoms with Crippen LogP contribution in [0.15, 0.2) is 6.20 Å². The summed E-state index contributed by atoms with van der Waals surface area (Å²) in [4.78, 5) is 5.80. The molecule has 0 aliphatic heterocycles. The topological polar surface area (TPSA) is 24.9 Å². The van der Waals surface area contributed by atoms with Crippen molar-refractivity contribution in [3.8, 4) is 0 Å². The molecule has 66 valence electrons. The highest BCUT2D eigenvalue weighted by Crippen LogP contribution is 2.38. The third-order valence-electron chi connectivity index (χ3n) is 2.38. The van der Waals surface area contributed by atoms with Gasteiger partial charge in [0, 0.05) is 23.5 Å². The molecule has 1 N–H and O–H groups in total. The van der Waals surface area contributed by atoms with Gasteiger partial charge in [-0.25, -0.2) is 4.98 Å². The summed E-state index contributed by atoms with van der Waals surface area (Å²) < 4.78 is 0. The summed E-state index contributed by atoms with van der Waals surface area (Å²) in [6.07, 6.45) is 6.11. The van der Waals surface area contributed by atoms with Crippen molar-refractivity contribution in [2.24, 2.45) is 0 Å². The molecule has 1 fully saturated rings. The lowest BCUT2D eigenvalue weighted by Gasteiger charge is -2.22. The van der Waals surface area contributed by atoms with E-state index in [9.17, 15) is 0 Å². The van der Waals surface area contributed by atoms with Gasteiger partial charge < -0.3 is 5.32 Å². The van der Waals surface area contributed by atoms with Gasteiger partial charge in [0.25, 0.3) is 0 Å². The number of aromatic nitrogens is 1. The van der Waals surface area contributed by atoms with Crippen LogP contribution in [0.5, 0.6) is 0 Å². The first-order valence-electron chi connectivity index (χ1n) is 4.49. The molecular formula is C9H14N2S. The summed E-state index contributed by atoms with van der Waals surface area (Å²) in [5, 5.41) is 4.50. The first kappa shape index (κ1) is 8.20. The normalized spacial score (nSPS) is 17.8. The standard InChI is InChI=1S/C9H14N2S/c1-10-5-8-6-11-9(12-8)7-3-2-4-7/h6-7,10H,2-5H2,1H3. The lowest BCUT2D eigenvalue weighted by atomic mass is 9.86. The van der Waals surface area contributed by atoms with Gasteiger partial charge >= 0.3 is 0 Å². The Balaban J connectivity index is 2.02. The maximum Gasteiger partial charge on any atom is 0.0959 e. The largest absolute Gasteiger partial charge is 0.315 e. The van der Waals surface area contributed by atoms with Crippen molar-refractivity contribution >= 4 is 11.3 Å². The van der Waals surface area contributed by atoms with E-state index in [1.165, 1.54) is 29.1 Å². The van der Waals surface area contributed by atoms with Crippen molar-refractivity contribution in [3.05, 3.63) is 16.1 Å².